The van der Waals surface area contributed by atoms with Gasteiger partial charge in [0, 0.05) is 0 Å². The zero-order valence-corrected chi connectivity index (χ0v) is 10.9. The van der Waals surface area contributed by atoms with E-state index in [1.54, 1.807) is 17.0 Å². The molecular formula is C13H17F3N2O2. The lowest BCUT2D eigenvalue weighted by atomic mass is 9.96. The fourth-order valence-electron chi connectivity index (χ4n) is 2.28. The molecule has 1 aromatic rings. The van der Waals surface area contributed by atoms with Gasteiger partial charge in [-0.3, -0.25) is 9.69 Å². The third-order valence-corrected chi connectivity index (χ3v) is 3.46. The maximum absolute atomic E-state index is 12.5. The van der Waals surface area contributed by atoms with Crippen LogP contribution in [0.4, 0.5) is 13.2 Å². The molecule has 1 aromatic heterocycles. The smallest absolute Gasteiger partial charge is 0.391 e. The monoisotopic (exact) mass is 290 g/mol. The highest BCUT2D eigenvalue weighted by molar-refractivity contribution is 5.77. The molecule has 1 aliphatic heterocycles. The predicted molar refractivity (Wildman–Crippen MR) is 65.8 cm³/mol. The zero-order valence-electron chi connectivity index (χ0n) is 10.9. The van der Waals surface area contributed by atoms with E-state index in [0.717, 1.165) is 0 Å². The molecule has 0 aliphatic carbocycles. The van der Waals surface area contributed by atoms with Crippen LogP contribution in [0, 0.1) is 5.92 Å². The SMILES string of the molecule is O=C(CN1CCC(C(F)(F)F)CC1)NCc1ccco1. The van der Waals surface area contributed by atoms with Gasteiger partial charge in [0.05, 0.1) is 25.3 Å². The van der Waals surface area contributed by atoms with Crippen LogP contribution in [-0.4, -0.2) is 36.6 Å². The number of piperidine rings is 1. The normalized spacial score (nSPS) is 18.1. The van der Waals surface area contributed by atoms with Crippen molar-refractivity contribution in [3.63, 3.8) is 0 Å². The molecule has 0 aromatic carbocycles. The molecule has 1 N–H and O–H groups in total. The molecule has 20 heavy (non-hydrogen) atoms. The molecule has 1 aliphatic rings. The average Bonchev–Trinajstić information content (AvgIpc) is 2.89. The molecule has 112 valence electrons. The van der Waals surface area contributed by atoms with E-state index in [9.17, 15) is 18.0 Å². The molecule has 1 fully saturated rings. The van der Waals surface area contributed by atoms with Crippen LogP contribution in [0.15, 0.2) is 22.8 Å². The van der Waals surface area contributed by atoms with Gasteiger partial charge in [0.25, 0.3) is 0 Å². The third kappa shape index (κ3) is 4.26. The summed E-state index contributed by atoms with van der Waals surface area (Å²) in [4.78, 5) is 13.4. The Morgan fingerprint density at radius 3 is 2.65 bits per heavy atom. The second kappa shape index (κ2) is 6.30. The summed E-state index contributed by atoms with van der Waals surface area (Å²) < 4.78 is 42.6. The predicted octanol–water partition coefficient (Wildman–Crippen LogP) is 2.17. The van der Waals surface area contributed by atoms with E-state index < -0.39 is 12.1 Å². The van der Waals surface area contributed by atoms with E-state index in [2.05, 4.69) is 5.32 Å². The summed E-state index contributed by atoms with van der Waals surface area (Å²) in [6.07, 6.45) is -2.47. The Kier molecular flexibility index (Phi) is 4.69. The molecule has 7 heteroatoms. The number of carbonyl (C=O) groups excluding carboxylic acids is 1. The second-order valence-corrected chi connectivity index (χ2v) is 4.95. The minimum Gasteiger partial charge on any atom is -0.467 e. The topological polar surface area (TPSA) is 45.5 Å². The number of halogens is 3. The van der Waals surface area contributed by atoms with Crippen molar-refractivity contribution in [3.8, 4) is 0 Å². The number of rotatable bonds is 4. The van der Waals surface area contributed by atoms with Crippen molar-refractivity contribution in [2.75, 3.05) is 19.6 Å². The summed E-state index contributed by atoms with van der Waals surface area (Å²) in [6.45, 7) is 1.03. The fraction of sp³-hybridized carbons (Fsp3) is 0.615. The highest BCUT2D eigenvalue weighted by Crippen LogP contribution is 2.33. The Labute approximate surface area is 114 Å². The van der Waals surface area contributed by atoms with Gasteiger partial charge < -0.3 is 9.73 Å². The Bertz CT molecular complexity index is 423. The van der Waals surface area contributed by atoms with Crippen molar-refractivity contribution in [2.24, 2.45) is 5.92 Å². The van der Waals surface area contributed by atoms with E-state index in [1.807, 2.05) is 0 Å². The van der Waals surface area contributed by atoms with Gasteiger partial charge >= 0.3 is 6.18 Å². The van der Waals surface area contributed by atoms with Crippen molar-refractivity contribution in [3.05, 3.63) is 24.2 Å². The Morgan fingerprint density at radius 2 is 2.10 bits per heavy atom. The summed E-state index contributed by atoms with van der Waals surface area (Å²) in [5, 5.41) is 2.68. The first-order valence-electron chi connectivity index (χ1n) is 6.53. The van der Waals surface area contributed by atoms with Crippen molar-refractivity contribution in [1.29, 1.82) is 0 Å². The lowest BCUT2D eigenvalue weighted by Crippen LogP contribution is -2.43. The molecule has 2 rings (SSSR count). The first-order valence-corrected chi connectivity index (χ1v) is 6.53. The number of amides is 1. The summed E-state index contributed by atoms with van der Waals surface area (Å²) in [5.41, 5.74) is 0. The van der Waals surface area contributed by atoms with E-state index in [-0.39, 0.29) is 25.3 Å². The highest BCUT2D eigenvalue weighted by Gasteiger charge is 2.41. The molecule has 0 atom stereocenters. The fourth-order valence-corrected chi connectivity index (χ4v) is 2.28. The van der Waals surface area contributed by atoms with Crippen LogP contribution in [0.2, 0.25) is 0 Å². The maximum Gasteiger partial charge on any atom is 0.391 e. The molecule has 1 saturated heterocycles. The van der Waals surface area contributed by atoms with Gasteiger partial charge in [-0.15, -0.1) is 0 Å². The van der Waals surface area contributed by atoms with Crippen LogP contribution in [0.3, 0.4) is 0 Å². The average molecular weight is 290 g/mol. The number of hydrogen-bond donors (Lipinski definition) is 1. The maximum atomic E-state index is 12.5. The summed E-state index contributed by atoms with van der Waals surface area (Å²) >= 11 is 0. The number of furan rings is 1. The molecule has 0 radical (unpaired) electrons. The number of hydrogen-bond acceptors (Lipinski definition) is 3. The first-order chi connectivity index (χ1) is 9.45. The van der Waals surface area contributed by atoms with Gasteiger partial charge in [-0.05, 0) is 38.1 Å². The Balaban J connectivity index is 1.68. The summed E-state index contributed by atoms with van der Waals surface area (Å²) in [6, 6.07) is 3.47. The summed E-state index contributed by atoms with van der Waals surface area (Å²) in [5.74, 6) is -0.786. The van der Waals surface area contributed by atoms with Crippen LogP contribution < -0.4 is 5.32 Å². The minimum atomic E-state index is -4.12. The van der Waals surface area contributed by atoms with Crippen LogP contribution in [-0.2, 0) is 11.3 Å². The van der Waals surface area contributed by atoms with Crippen LogP contribution in [0.5, 0.6) is 0 Å². The lowest BCUT2D eigenvalue weighted by molar-refractivity contribution is -0.185. The zero-order chi connectivity index (χ0) is 14.6. The van der Waals surface area contributed by atoms with Gasteiger partial charge in [-0.1, -0.05) is 0 Å². The second-order valence-electron chi connectivity index (χ2n) is 4.95. The van der Waals surface area contributed by atoms with E-state index in [1.165, 1.54) is 6.26 Å². The molecule has 0 bridgehead atoms. The number of nitrogens with zero attached hydrogens (tertiary/aromatic N) is 1. The van der Waals surface area contributed by atoms with E-state index in [4.69, 9.17) is 4.42 Å². The third-order valence-electron chi connectivity index (χ3n) is 3.46. The van der Waals surface area contributed by atoms with Gasteiger partial charge in [0.1, 0.15) is 5.76 Å². The van der Waals surface area contributed by atoms with E-state index in [0.29, 0.717) is 25.4 Å². The van der Waals surface area contributed by atoms with Crippen molar-refractivity contribution in [2.45, 2.75) is 25.6 Å². The van der Waals surface area contributed by atoms with Gasteiger partial charge in [0.15, 0.2) is 0 Å². The van der Waals surface area contributed by atoms with Crippen molar-refractivity contribution < 1.29 is 22.4 Å². The quantitative estimate of drug-likeness (QED) is 0.924. The van der Waals surface area contributed by atoms with E-state index >= 15 is 0 Å². The van der Waals surface area contributed by atoms with Crippen molar-refractivity contribution in [1.82, 2.24) is 10.2 Å². The Morgan fingerprint density at radius 1 is 1.40 bits per heavy atom. The highest BCUT2D eigenvalue weighted by atomic mass is 19.4. The number of likely N-dealkylation sites (tertiary alicyclic amines) is 1. The number of nitrogens with one attached hydrogen (secondary N) is 1. The number of alkyl halides is 3. The van der Waals surface area contributed by atoms with Gasteiger partial charge in [-0.25, -0.2) is 0 Å². The van der Waals surface area contributed by atoms with Crippen LogP contribution in [0.25, 0.3) is 0 Å². The first kappa shape index (κ1) is 14.9. The molecular weight excluding hydrogens is 273 g/mol. The molecule has 0 spiro atoms. The molecule has 2 heterocycles. The summed E-state index contributed by atoms with van der Waals surface area (Å²) in [7, 11) is 0. The van der Waals surface area contributed by atoms with Gasteiger partial charge in [-0.2, -0.15) is 13.2 Å². The minimum absolute atomic E-state index is 0.0644. The van der Waals surface area contributed by atoms with Crippen LogP contribution >= 0.6 is 0 Å². The standard InChI is InChI=1S/C13H17F3N2O2/c14-13(15,16)10-3-5-18(6-4-10)9-12(19)17-8-11-2-1-7-20-11/h1-2,7,10H,3-6,8-9H2,(H,17,19). The number of carbonyl (C=O) groups is 1. The molecule has 0 unspecified atom stereocenters. The lowest BCUT2D eigenvalue weighted by Gasteiger charge is -2.32. The molecule has 1 amide bonds. The van der Waals surface area contributed by atoms with Gasteiger partial charge in [0.2, 0.25) is 5.91 Å². The Hall–Kier alpha value is -1.50. The molecule has 4 nitrogen and oxygen atoms in total. The van der Waals surface area contributed by atoms with Crippen molar-refractivity contribution >= 4 is 5.91 Å². The van der Waals surface area contributed by atoms with Crippen LogP contribution in [0.1, 0.15) is 18.6 Å². The molecule has 0 saturated carbocycles. The largest absolute Gasteiger partial charge is 0.467 e.